The molecule has 0 aliphatic rings. The fraction of sp³-hybridized carbons (Fsp3) is 0. The van der Waals surface area contributed by atoms with Crippen LogP contribution in [0.25, 0.3) is 0 Å². The van der Waals surface area contributed by atoms with Crippen molar-refractivity contribution in [2.75, 3.05) is 5.32 Å². The van der Waals surface area contributed by atoms with Gasteiger partial charge in [0.25, 0.3) is 5.91 Å². The lowest BCUT2D eigenvalue weighted by molar-refractivity contribution is 0.0817. The third-order valence-electron chi connectivity index (χ3n) is 5.24. The summed E-state index contributed by atoms with van der Waals surface area (Å²) in [5.74, 6) is -2.21. The van der Waals surface area contributed by atoms with E-state index in [0.29, 0.717) is 5.02 Å². The molecule has 0 saturated heterocycles. The SMILES string of the molecule is O=C(Nc1ccc(Cl)cc1C(=O)c1ccccc1Cl)c1ccc(C(=O)C(=O)c2ccccc2)cc1. The number of rotatable bonds is 7. The lowest BCUT2D eigenvalue weighted by Crippen LogP contribution is -2.17. The highest BCUT2D eigenvalue weighted by Gasteiger charge is 2.20. The first-order chi connectivity index (χ1) is 16.8. The van der Waals surface area contributed by atoms with Crippen LogP contribution >= 0.6 is 23.2 Å². The zero-order chi connectivity index (χ0) is 24.9. The number of hydrogen-bond acceptors (Lipinski definition) is 4. The van der Waals surface area contributed by atoms with Gasteiger partial charge in [0.2, 0.25) is 11.6 Å². The summed E-state index contributed by atoms with van der Waals surface area (Å²) < 4.78 is 0. The number of benzene rings is 4. The summed E-state index contributed by atoms with van der Waals surface area (Å²) in [6, 6.07) is 25.1. The van der Waals surface area contributed by atoms with Crippen molar-refractivity contribution in [2.45, 2.75) is 0 Å². The summed E-state index contributed by atoms with van der Waals surface area (Å²) in [7, 11) is 0. The Bertz CT molecular complexity index is 1450. The van der Waals surface area contributed by atoms with E-state index in [1.165, 1.54) is 36.4 Å². The molecule has 4 aromatic rings. The number of carbonyl (C=O) groups is 4. The molecule has 0 radical (unpaired) electrons. The zero-order valence-electron chi connectivity index (χ0n) is 18.1. The maximum Gasteiger partial charge on any atom is 0.255 e. The molecule has 4 rings (SSSR count). The molecule has 0 aromatic heterocycles. The van der Waals surface area contributed by atoms with Crippen molar-refractivity contribution in [3.8, 4) is 0 Å². The maximum absolute atomic E-state index is 13.1. The van der Waals surface area contributed by atoms with Crippen molar-refractivity contribution < 1.29 is 19.2 Å². The normalized spacial score (nSPS) is 10.5. The molecular formula is C28H17Cl2NO4. The van der Waals surface area contributed by atoms with Crippen LogP contribution in [0.2, 0.25) is 10.0 Å². The van der Waals surface area contributed by atoms with Gasteiger partial charge in [-0.15, -0.1) is 0 Å². The topological polar surface area (TPSA) is 80.3 Å². The van der Waals surface area contributed by atoms with E-state index in [-0.39, 0.29) is 38.5 Å². The van der Waals surface area contributed by atoms with E-state index in [4.69, 9.17) is 23.2 Å². The lowest BCUT2D eigenvalue weighted by atomic mass is 10.00. The van der Waals surface area contributed by atoms with Crippen LogP contribution in [0.1, 0.15) is 47.0 Å². The molecular weight excluding hydrogens is 485 g/mol. The second-order valence-corrected chi connectivity index (χ2v) is 8.40. The van der Waals surface area contributed by atoms with Crippen LogP contribution < -0.4 is 5.32 Å². The van der Waals surface area contributed by atoms with Gasteiger partial charge in [0.05, 0.1) is 10.7 Å². The average molecular weight is 502 g/mol. The van der Waals surface area contributed by atoms with Gasteiger partial charge < -0.3 is 5.32 Å². The fourth-order valence-electron chi connectivity index (χ4n) is 3.42. The molecule has 172 valence electrons. The van der Waals surface area contributed by atoms with Crippen LogP contribution in [-0.4, -0.2) is 23.3 Å². The Morgan fingerprint density at radius 1 is 0.571 bits per heavy atom. The third kappa shape index (κ3) is 5.38. The molecule has 0 saturated carbocycles. The van der Waals surface area contributed by atoms with Gasteiger partial charge in [0.1, 0.15) is 0 Å². The second kappa shape index (κ2) is 10.5. The van der Waals surface area contributed by atoms with Crippen LogP contribution in [0.5, 0.6) is 0 Å². The summed E-state index contributed by atoms with van der Waals surface area (Å²) in [6.07, 6.45) is 0. The lowest BCUT2D eigenvalue weighted by Gasteiger charge is -2.12. The largest absolute Gasteiger partial charge is 0.321 e. The summed E-state index contributed by atoms with van der Waals surface area (Å²) >= 11 is 12.3. The summed E-state index contributed by atoms with van der Waals surface area (Å²) in [6.45, 7) is 0. The Labute approximate surface area is 211 Å². The maximum atomic E-state index is 13.1. The highest BCUT2D eigenvalue weighted by atomic mass is 35.5. The summed E-state index contributed by atoms with van der Waals surface area (Å²) in [5, 5.41) is 3.31. The van der Waals surface area contributed by atoms with E-state index >= 15 is 0 Å². The van der Waals surface area contributed by atoms with E-state index in [1.54, 1.807) is 60.7 Å². The monoisotopic (exact) mass is 501 g/mol. The molecule has 1 N–H and O–H groups in total. The zero-order valence-corrected chi connectivity index (χ0v) is 19.6. The molecule has 5 nitrogen and oxygen atoms in total. The minimum atomic E-state index is -0.673. The van der Waals surface area contributed by atoms with Gasteiger partial charge in [-0.25, -0.2) is 0 Å². The Kier molecular flexibility index (Phi) is 7.20. The van der Waals surface area contributed by atoms with Crippen molar-refractivity contribution in [1.29, 1.82) is 0 Å². The molecule has 1 amide bonds. The smallest absolute Gasteiger partial charge is 0.255 e. The highest BCUT2D eigenvalue weighted by molar-refractivity contribution is 6.49. The van der Waals surface area contributed by atoms with Gasteiger partial charge in [-0.3, -0.25) is 19.2 Å². The number of Topliss-reactive ketones (excluding diaryl/α,β-unsaturated/α-hetero) is 2. The van der Waals surface area contributed by atoms with Gasteiger partial charge in [-0.05, 0) is 42.5 Å². The average Bonchev–Trinajstić information content (AvgIpc) is 2.89. The molecule has 0 aliphatic carbocycles. The third-order valence-corrected chi connectivity index (χ3v) is 5.81. The van der Waals surface area contributed by atoms with Crippen LogP contribution in [-0.2, 0) is 0 Å². The molecule has 7 heteroatoms. The number of hydrogen-bond donors (Lipinski definition) is 1. The Morgan fingerprint density at radius 2 is 1.14 bits per heavy atom. The quantitative estimate of drug-likeness (QED) is 0.230. The molecule has 0 heterocycles. The van der Waals surface area contributed by atoms with E-state index in [1.807, 2.05) is 0 Å². The first-order valence-electron chi connectivity index (χ1n) is 10.5. The standard InChI is InChI=1S/C28H17Cl2NO4/c29-20-14-15-24(22(16-20)27(34)21-8-4-5-9-23(21)30)31-28(35)19-12-10-18(11-13-19)26(33)25(32)17-6-2-1-3-7-17/h1-16H,(H,31,35). The molecule has 4 aromatic carbocycles. The number of carbonyl (C=O) groups excluding carboxylic acids is 4. The predicted molar refractivity (Wildman–Crippen MR) is 136 cm³/mol. The Morgan fingerprint density at radius 3 is 1.80 bits per heavy atom. The number of halogens is 2. The number of anilines is 1. The van der Waals surface area contributed by atoms with E-state index in [9.17, 15) is 19.2 Å². The fourth-order valence-corrected chi connectivity index (χ4v) is 3.82. The van der Waals surface area contributed by atoms with E-state index in [2.05, 4.69) is 5.32 Å². The summed E-state index contributed by atoms with van der Waals surface area (Å²) in [5.41, 5.74) is 1.40. The van der Waals surface area contributed by atoms with Crippen LogP contribution in [0, 0.1) is 0 Å². The van der Waals surface area contributed by atoms with Crippen molar-refractivity contribution >= 4 is 52.1 Å². The van der Waals surface area contributed by atoms with Crippen LogP contribution in [0.15, 0.2) is 97.1 Å². The van der Waals surface area contributed by atoms with Gasteiger partial charge >= 0.3 is 0 Å². The van der Waals surface area contributed by atoms with Gasteiger partial charge in [-0.2, -0.15) is 0 Å². The van der Waals surface area contributed by atoms with Crippen molar-refractivity contribution in [3.05, 3.63) is 135 Å². The minimum absolute atomic E-state index is 0.163. The second-order valence-electron chi connectivity index (χ2n) is 7.55. The van der Waals surface area contributed by atoms with Gasteiger partial charge in [0, 0.05) is 32.8 Å². The molecule has 0 fully saturated rings. The first kappa shape index (κ1) is 24.1. The molecule has 0 unspecified atom stereocenters. The molecule has 0 aliphatic heterocycles. The Hall–Kier alpha value is -4.06. The van der Waals surface area contributed by atoms with Crippen molar-refractivity contribution in [2.24, 2.45) is 0 Å². The first-order valence-corrected chi connectivity index (χ1v) is 11.2. The molecule has 0 spiro atoms. The van der Waals surface area contributed by atoms with E-state index in [0.717, 1.165) is 0 Å². The molecule has 0 bridgehead atoms. The predicted octanol–water partition coefficient (Wildman–Crippen LogP) is 6.54. The summed E-state index contributed by atoms with van der Waals surface area (Å²) in [4.78, 5) is 50.9. The van der Waals surface area contributed by atoms with Gasteiger partial charge in [0.15, 0.2) is 5.78 Å². The Balaban J connectivity index is 1.55. The molecule has 0 atom stereocenters. The highest BCUT2D eigenvalue weighted by Crippen LogP contribution is 2.27. The number of ketones is 3. The number of amides is 1. The van der Waals surface area contributed by atoms with Gasteiger partial charge in [-0.1, -0.05) is 77.8 Å². The van der Waals surface area contributed by atoms with Crippen molar-refractivity contribution in [3.63, 3.8) is 0 Å². The van der Waals surface area contributed by atoms with E-state index < -0.39 is 23.3 Å². The van der Waals surface area contributed by atoms with Crippen molar-refractivity contribution in [1.82, 2.24) is 0 Å². The molecule has 35 heavy (non-hydrogen) atoms. The van der Waals surface area contributed by atoms with Crippen LogP contribution in [0.3, 0.4) is 0 Å². The van der Waals surface area contributed by atoms with Crippen LogP contribution in [0.4, 0.5) is 5.69 Å². The number of nitrogens with one attached hydrogen (secondary N) is 1. The minimum Gasteiger partial charge on any atom is -0.321 e.